The number of rotatable bonds is 0. The lowest BCUT2D eigenvalue weighted by Gasteiger charge is -1.91. The van der Waals surface area contributed by atoms with Crippen molar-refractivity contribution in [2.45, 2.75) is 0 Å². The molecule has 0 aromatic carbocycles. The summed E-state index contributed by atoms with van der Waals surface area (Å²) in [5.41, 5.74) is 1.67. The van der Waals surface area contributed by atoms with Crippen molar-refractivity contribution < 1.29 is 1.37 Å². The molecule has 12 heavy (non-hydrogen) atoms. The highest BCUT2D eigenvalue weighted by Crippen LogP contribution is 2.37. The molecule has 0 saturated heterocycles. The predicted molar refractivity (Wildman–Crippen MR) is 53.1 cm³/mol. The van der Waals surface area contributed by atoms with E-state index >= 15 is 0 Å². The summed E-state index contributed by atoms with van der Waals surface area (Å²) in [6.45, 7) is 0. The third kappa shape index (κ3) is 1.17. The summed E-state index contributed by atoms with van der Waals surface area (Å²) in [6, 6.07) is 9.59. The zero-order valence-electron chi connectivity index (χ0n) is 7.14. The first-order valence-corrected chi connectivity index (χ1v) is 4.29. The molecule has 0 saturated carbocycles. The lowest BCUT2D eigenvalue weighted by Crippen LogP contribution is -1.65. The Bertz CT molecular complexity index is 389. The molecule has 0 N–H and O–H groups in total. The van der Waals surface area contributed by atoms with E-state index in [0.29, 0.717) is 10.0 Å². The molecule has 0 aromatic rings. The van der Waals surface area contributed by atoms with Gasteiger partial charge in [-0.05, 0) is 6.04 Å². The fourth-order valence-corrected chi connectivity index (χ4v) is 1.73. The minimum Gasteiger partial charge on any atom is -0.0836 e. The van der Waals surface area contributed by atoms with Crippen LogP contribution in [-0.2, 0) is 0 Å². The molecule has 60 valence electrons. The lowest BCUT2D eigenvalue weighted by molar-refractivity contribution is 1.84. The Morgan fingerprint density at radius 3 is 1.92 bits per heavy atom. The molecule has 0 atom stereocenters. The predicted octanol–water partition coefficient (Wildman–Crippen LogP) is 4.10. The fraction of sp³-hybridized carbons (Fsp3) is 0. The van der Waals surface area contributed by atoms with Crippen LogP contribution in [0.25, 0.3) is 11.1 Å². The van der Waals surface area contributed by atoms with Crippen molar-refractivity contribution in [3.63, 3.8) is 0 Å². The number of hydrogen-bond donors (Lipinski definition) is 0. The van der Waals surface area contributed by atoms with Crippen LogP contribution in [-0.4, -0.2) is 0 Å². The van der Waals surface area contributed by atoms with E-state index in [-0.39, 0.29) is 6.04 Å². The topological polar surface area (TPSA) is 0 Å². The van der Waals surface area contributed by atoms with Gasteiger partial charge in [-0.2, -0.15) is 0 Å². The molecule has 0 aliphatic heterocycles. The molecule has 0 fully saturated rings. The summed E-state index contributed by atoms with van der Waals surface area (Å²) in [6.07, 6.45) is 0. The Morgan fingerprint density at radius 2 is 1.42 bits per heavy atom. The van der Waals surface area contributed by atoms with Gasteiger partial charge in [-0.3, -0.25) is 0 Å². The fourth-order valence-electron chi connectivity index (χ4n) is 1.16. The van der Waals surface area contributed by atoms with E-state index in [4.69, 9.17) is 24.6 Å². The van der Waals surface area contributed by atoms with Crippen LogP contribution in [0, 0.1) is 0 Å². The lowest BCUT2D eigenvalue weighted by atomic mass is 10.2. The van der Waals surface area contributed by atoms with Crippen molar-refractivity contribution in [1.82, 2.24) is 0 Å². The largest absolute Gasteiger partial charge is 0.0836 e. The maximum absolute atomic E-state index is 7.57. The quantitative estimate of drug-likeness (QED) is 0.597. The van der Waals surface area contributed by atoms with Crippen LogP contribution in [0.3, 0.4) is 0 Å². The monoisotopic (exact) mass is 197 g/mol. The van der Waals surface area contributed by atoms with Crippen LogP contribution in [0.1, 0.15) is 1.37 Å². The number of hydrogen-bond acceptors (Lipinski definition) is 0. The summed E-state index contributed by atoms with van der Waals surface area (Å²) in [5.74, 6) is 0. The molecule has 0 nitrogen and oxygen atoms in total. The Morgan fingerprint density at radius 1 is 0.917 bits per heavy atom. The van der Waals surface area contributed by atoms with Gasteiger partial charge in [0.2, 0.25) is 0 Å². The van der Waals surface area contributed by atoms with Crippen molar-refractivity contribution in [1.29, 1.82) is 0 Å². The Hall–Kier alpha value is -0.720. The van der Waals surface area contributed by atoms with E-state index in [1.165, 1.54) is 0 Å². The molecule has 0 radical (unpaired) electrons. The maximum Gasteiger partial charge on any atom is 0.0655 e. The summed E-state index contributed by atoms with van der Waals surface area (Å²) in [4.78, 5) is 0. The highest BCUT2D eigenvalue weighted by atomic mass is 35.5. The minimum atomic E-state index is 0.213. The van der Waals surface area contributed by atoms with Crippen molar-refractivity contribution in [2.24, 2.45) is 0 Å². The van der Waals surface area contributed by atoms with Gasteiger partial charge in [0.25, 0.3) is 0 Å². The van der Waals surface area contributed by atoms with Gasteiger partial charge in [-0.25, -0.2) is 0 Å². The zero-order valence-corrected chi connectivity index (χ0v) is 7.65. The van der Waals surface area contributed by atoms with Gasteiger partial charge in [0.05, 0.1) is 1.37 Å². The minimum absolute atomic E-state index is 0.213. The van der Waals surface area contributed by atoms with Crippen LogP contribution >= 0.6 is 23.2 Å². The van der Waals surface area contributed by atoms with Gasteiger partial charge in [0.15, 0.2) is 0 Å². The Labute approximate surface area is 82.5 Å². The molecule has 0 spiro atoms. The van der Waals surface area contributed by atoms with Crippen molar-refractivity contribution in [3.05, 3.63) is 46.4 Å². The van der Waals surface area contributed by atoms with Gasteiger partial charge in [-0.1, -0.05) is 53.5 Å². The molecular formula is C10H6Cl2. The van der Waals surface area contributed by atoms with Crippen molar-refractivity contribution in [3.8, 4) is 11.1 Å². The molecular weight excluding hydrogens is 191 g/mol. The van der Waals surface area contributed by atoms with Gasteiger partial charge in [0, 0.05) is 21.2 Å². The van der Waals surface area contributed by atoms with E-state index in [2.05, 4.69) is 0 Å². The molecule has 0 bridgehead atoms. The molecule has 2 aliphatic rings. The first kappa shape index (κ1) is 6.76. The second-order valence-corrected chi connectivity index (χ2v) is 3.25. The molecule has 0 aromatic heterocycles. The highest BCUT2D eigenvalue weighted by Gasteiger charge is 2.10. The van der Waals surface area contributed by atoms with Crippen LogP contribution < -0.4 is 0 Å². The molecule has 2 rings (SSSR count). The van der Waals surface area contributed by atoms with E-state index in [0.717, 1.165) is 11.1 Å². The van der Waals surface area contributed by atoms with E-state index < -0.39 is 0 Å². The van der Waals surface area contributed by atoms with Crippen LogP contribution in [0.4, 0.5) is 0 Å². The molecule has 2 heteroatoms. The number of halogens is 2. The van der Waals surface area contributed by atoms with Crippen molar-refractivity contribution >= 4 is 23.2 Å². The molecule has 0 heterocycles. The second-order valence-electron chi connectivity index (χ2n) is 2.49. The summed E-state index contributed by atoms with van der Waals surface area (Å²) < 4.78 is 7.57. The van der Waals surface area contributed by atoms with Gasteiger partial charge >= 0.3 is 0 Å². The number of fused-ring (bicyclic) bond motifs is 1. The summed E-state index contributed by atoms with van der Waals surface area (Å²) in [7, 11) is 0. The SMILES string of the molecule is [2H]c1c(Cl)c2cccccc-2c1Cl. The normalized spacial score (nSPS) is 11.7. The Balaban J connectivity index is 2.86. The zero-order chi connectivity index (χ0) is 9.42. The third-order valence-corrected chi connectivity index (χ3v) is 2.33. The standard InChI is InChI=1S/C10H6Cl2/c11-9-6-10(12)8-5-3-1-2-4-7(8)9/h1-6H/i6D. The first-order valence-electron chi connectivity index (χ1n) is 4.04. The summed E-state index contributed by atoms with van der Waals surface area (Å²) >= 11 is 11.9. The van der Waals surface area contributed by atoms with Crippen LogP contribution in [0.5, 0.6) is 0 Å². The second kappa shape index (κ2) is 2.96. The van der Waals surface area contributed by atoms with Crippen LogP contribution in [0.2, 0.25) is 10.0 Å². The molecule has 0 unspecified atom stereocenters. The average Bonchev–Trinajstić information content (AvgIpc) is 2.40. The highest BCUT2D eigenvalue weighted by molar-refractivity contribution is 6.40. The first-order chi connectivity index (χ1) is 6.22. The van der Waals surface area contributed by atoms with Gasteiger partial charge in [0.1, 0.15) is 0 Å². The van der Waals surface area contributed by atoms with Gasteiger partial charge in [-0.15, -0.1) is 0 Å². The average molecular weight is 198 g/mol. The van der Waals surface area contributed by atoms with E-state index in [9.17, 15) is 0 Å². The maximum atomic E-state index is 7.57. The molecule has 2 aliphatic carbocycles. The van der Waals surface area contributed by atoms with E-state index in [1.54, 1.807) is 0 Å². The smallest absolute Gasteiger partial charge is 0.0655 e. The Kier molecular flexibility index (Phi) is 1.67. The van der Waals surface area contributed by atoms with Crippen molar-refractivity contribution in [2.75, 3.05) is 0 Å². The summed E-state index contributed by atoms with van der Waals surface area (Å²) in [5, 5.41) is 0.854. The van der Waals surface area contributed by atoms with Gasteiger partial charge < -0.3 is 0 Å². The third-order valence-electron chi connectivity index (χ3n) is 1.73. The van der Waals surface area contributed by atoms with Crippen LogP contribution in [0.15, 0.2) is 36.4 Å². The van der Waals surface area contributed by atoms with E-state index in [1.807, 2.05) is 30.3 Å². The molecule has 0 amide bonds.